The van der Waals surface area contributed by atoms with Crippen molar-refractivity contribution in [3.05, 3.63) is 35.4 Å². The van der Waals surface area contributed by atoms with Crippen molar-refractivity contribution in [2.75, 3.05) is 0 Å². The van der Waals surface area contributed by atoms with Gasteiger partial charge in [0.25, 0.3) is 5.91 Å². The highest BCUT2D eigenvalue weighted by molar-refractivity contribution is 5.94. The molecule has 1 saturated carbocycles. The van der Waals surface area contributed by atoms with Crippen LogP contribution in [0.2, 0.25) is 0 Å². The van der Waals surface area contributed by atoms with Crippen LogP contribution in [0, 0.1) is 23.2 Å². The SMILES string of the molecule is CCC1CCC(NC(=O)c2ccc(C#N)cc2)C1C. The minimum Gasteiger partial charge on any atom is -0.349 e. The summed E-state index contributed by atoms with van der Waals surface area (Å²) in [6.07, 6.45) is 3.46. The molecule has 1 N–H and O–H groups in total. The third-order valence-electron chi connectivity index (χ3n) is 4.34. The third-order valence-corrected chi connectivity index (χ3v) is 4.34. The quantitative estimate of drug-likeness (QED) is 0.903. The minimum atomic E-state index is -0.0295. The molecule has 3 heteroatoms. The Morgan fingerprint density at radius 2 is 2.05 bits per heavy atom. The van der Waals surface area contributed by atoms with Crippen molar-refractivity contribution in [2.45, 2.75) is 39.2 Å². The van der Waals surface area contributed by atoms with Gasteiger partial charge in [-0.25, -0.2) is 0 Å². The maximum absolute atomic E-state index is 12.1. The Morgan fingerprint density at radius 3 is 2.58 bits per heavy atom. The molecule has 0 radical (unpaired) electrons. The Labute approximate surface area is 114 Å². The number of carbonyl (C=O) groups excluding carboxylic acids is 1. The fraction of sp³-hybridized carbons (Fsp3) is 0.500. The maximum atomic E-state index is 12.1. The molecule has 2 rings (SSSR count). The van der Waals surface area contributed by atoms with Crippen molar-refractivity contribution in [1.82, 2.24) is 5.32 Å². The summed E-state index contributed by atoms with van der Waals surface area (Å²) in [5, 5.41) is 11.9. The number of hydrogen-bond acceptors (Lipinski definition) is 2. The molecule has 1 fully saturated rings. The van der Waals surface area contributed by atoms with E-state index in [1.807, 2.05) is 0 Å². The lowest BCUT2D eigenvalue weighted by Crippen LogP contribution is -2.37. The van der Waals surface area contributed by atoms with Gasteiger partial charge in [-0.1, -0.05) is 20.3 Å². The fourth-order valence-corrected chi connectivity index (χ4v) is 2.98. The molecule has 1 amide bonds. The van der Waals surface area contributed by atoms with Crippen LogP contribution in [-0.4, -0.2) is 11.9 Å². The second kappa shape index (κ2) is 5.88. The third kappa shape index (κ3) is 2.96. The Hall–Kier alpha value is -1.82. The Balaban J connectivity index is 1.99. The van der Waals surface area contributed by atoms with Gasteiger partial charge in [0.05, 0.1) is 11.6 Å². The van der Waals surface area contributed by atoms with Crippen LogP contribution in [0.15, 0.2) is 24.3 Å². The standard InChI is InChI=1S/C16H20N2O/c1-3-13-8-9-15(11(13)2)18-16(19)14-6-4-12(10-17)5-7-14/h4-7,11,13,15H,3,8-9H2,1-2H3,(H,18,19). The summed E-state index contributed by atoms with van der Waals surface area (Å²) in [7, 11) is 0. The van der Waals surface area contributed by atoms with Gasteiger partial charge in [-0.2, -0.15) is 5.26 Å². The molecule has 1 aliphatic rings. The number of benzene rings is 1. The van der Waals surface area contributed by atoms with Gasteiger partial charge in [-0.3, -0.25) is 4.79 Å². The summed E-state index contributed by atoms with van der Waals surface area (Å²) in [6.45, 7) is 4.44. The lowest BCUT2D eigenvalue weighted by Gasteiger charge is -2.21. The molecule has 19 heavy (non-hydrogen) atoms. The van der Waals surface area contributed by atoms with Gasteiger partial charge in [0, 0.05) is 11.6 Å². The van der Waals surface area contributed by atoms with E-state index >= 15 is 0 Å². The van der Waals surface area contributed by atoms with E-state index in [1.54, 1.807) is 24.3 Å². The number of amides is 1. The average Bonchev–Trinajstić information content (AvgIpc) is 2.79. The van der Waals surface area contributed by atoms with Crippen LogP contribution in [0.1, 0.15) is 49.0 Å². The van der Waals surface area contributed by atoms with Crippen LogP contribution in [0.5, 0.6) is 0 Å². The first-order valence-electron chi connectivity index (χ1n) is 6.96. The molecule has 3 unspecified atom stereocenters. The first kappa shape index (κ1) is 13.6. The molecule has 0 aliphatic heterocycles. The number of rotatable bonds is 3. The molecule has 3 atom stereocenters. The topological polar surface area (TPSA) is 52.9 Å². The van der Waals surface area contributed by atoms with Gasteiger partial charge in [0.15, 0.2) is 0 Å². The first-order valence-corrected chi connectivity index (χ1v) is 6.96. The van der Waals surface area contributed by atoms with E-state index in [1.165, 1.54) is 12.8 Å². The molecule has 0 heterocycles. The highest BCUT2D eigenvalue weighted by Crippen LogP contribution is 2.33. The fourth-order valence-electron chi connectivity index (χ4n) is 2.98. The van der Waals surface area contributed by atoms with Crippen molar-refractivity contribution in [2.24, 2.45) is 11.8 Å². The van der Waals surface area contributed by atoms with Crippen LogP contribution in [0.4, 0.5) is 0 Å². The summed E-state index contributed by atoms with van der Waals surface area (Å²) >= 11 is 0. The molecule has 1 aliphatic carbocycles. The molecule has 0 bridgehead atoms. The summed E-state index contributed by atoms with van der Waals surface area (Å²) in [5.74, 6) is 1.25. The van der Waals surface area contributed by atoms with E-state index in [0.29, 0.717) is 17.0 Å². The van der Waals surface area contributed by atoms with Crippen molar-refractivity contribution in [1.29, 1.82) is 5.26 Å². The maximum Gasteiger partial charge on any atom is 0.251 e. The summed E-state index contributed by atoms with van der Waals surface area (Å²) in [6, 6.07) is 9.13. The molecule has 0 aromatic heterocycles. The van der Waals surface area contributed by atoms with Crippen LogP contribution in [0.25, 0.3) is 0 Å². The highest BCUT2D eigenvalue weighted by atomic mass is 16.1. The zero-order chi connectivity index (χ0) is 13.8. The monoisotopic (exact) mass is 256 g/mol. The Kier molecular flexibility index (Phi) is 4.21. The average molecular weight is 256 g/mol. The van der Waals surface area contributed by atoms with Gasteiger partial charge in [0.1, 0.15) is 0 Å². The van der Waals surface area contributed by atoms with Gasteiger partial charge in [0.2, 0.25) is 0 Å². The van der Waals surface area contributed by atoms with Gasteiger partial charge >= 0.3 is 0 Å². The number of nitriles is 1. The first-order chi connectivity index (χ1) is 9.15. The normalized spacial score (nSPS) is 25.8. The van der Waals surface area contributed by atoms with E-state index in [0.717, 1.165) is 12.3 Å². The van der Waals surface area contributed by atoms with Crippen LogP contribution in [0.3, 0.4) is 0 Å². The number of nitrogens with zero attached hydrogens (tertiary/aromatic N) is 1. The van der Waals surface area contributed by atoms with E-state index in [2.05, 4.69) is 25.2 Å². The molecule has 1 aromatic carbocycles. The van der Waals surface area contributed by atoms with E-state index in [-0.39, 0.29) is 11.9 Å². The van der Waals surface area contributed by atoms with Gasteiger partial charge < -0.3 is 5.32 Å². The molecule has 0 spiro atoms. The summed E-state index contributed by atoms with van der Waals surface area (Å²) in [4.78, 5) is 12.1. The van der Waals surface area contributed by atoms with Crippen molar-refractivity contribution >= 4 is 5.91 Å². The lowest BCUT2D eigenvalue weighted by atomic mass is 9.93. The van der Waals surface area contributed by atoms with Crippen LogP contribution in [-0.2, 0) is 0 Å². The lowest BCUT2D eigenvalue weighted by molar-refractivity contribution is 0.0926. The van der Waals surface area contributed by atoms with Crippen molar-refractivity contribution in [3.63, 3.8) is 0 Å². The smallest absolute Gasteiger partial charge is 0.251 e. The minimum absolute atomic E-state index is 0.0295. The zero-order valence-electron chi connectivity index (χ0n) is 11.5. The predicted molar refractivity (Wildman–Crippen MR) is 74.6 cm³/mol. The summed E-state index contributed by atoms with van der Waals surface area (Å²) in [5.41, 5.74) is 1.21. The molecule has 100 valence electrons. The van der Waals surface area contributed by atoms with Crippen LogP contribution < -0.4 is 5.32 Å². The predicted octanol–water partition coefficient (Wildman–Crippen LogP) is 3.11. The summed E-state index contributed by atoms with van der Waals surface area (Å²) < 4.78 is 0. The molecule has 0 saturated heterocycles. The van der Waals surface area contributed by atoms with E-state index < -0.39 is 0 Å². The highest BCUT2D eigenvalue weighted by Gasteiger charge is 2.32. The largest absolute Gasteiger partial charge is 0.349 e. The van der Waals surface area contributed by atoms with Crippen molar-refractivity contribution < 1.29 is 4.79 Å². The second-order valence-corrected chi connectivity index (χ2v) is 5.37. The van der Waals surface area contributed by atoms with E-state index in [4.69, 9.17) is 5.26 Å². The number of carbonyl (C=O) groups is 1. The Morgan fingerprint density at radius 1 is 1.37 bits per heavy atom. The van der Waals surface area contributed by atoms with E-state index in [9.17, 15) is 4.79 Å². The molecular formula is C16H20N2O. The van der Waals surface area contributed by atoms with Crippen LogP contribution >= 0.6 is 0 Å². The van der Waals surface area contributed by atoms with Crippen molar-refractivity contribution in [3.8, 4) is 6.07 Å². The Bertz CT molecular complexity index is 486. The number of hydrogen-bond donors (Lipinski definition) is 1. The molecule has 3 nitrogen and oxygen atoms in total. The van der Waals surface area contributed by atoms with Gasteiger partial charge in [-0.05, 0) is 48.9 Å². The van der Waals surface area contributed by atoms with Gasteiger partial charge in [-0.15, -0.1) is 0 Å². The second-order valence-electron chi connectivity index (χ2n) is 5.37. The zero-order valence-corrected chi connectivity index (χ0v) is 11.5. The molecular weight excluding hydrogens is 236 g/mol. The number of nitrogens with one attached hydrogen (secondary N) is 1. The molecule has 1 aromatic rings.